The topological polar surface area (TPSA) is 40.7 Å². The van der Waals surface area contributed by atoms with Crippen LogP contribution in [0.4, 0.5) is 4.39 Å². The number of piperidine rings is 1. The molecule has 3 rings (SSSR count). The molecule has 2 N–H and O–H groups in total. The Balaban J connectivity index is 2.06. The quantitative estimate of drug-likeness (QED) is 0.856. The van der Waals surface area contributed by atoms with Gasteiger partial charge in [0.25, 0.3) is 0 Å². The number of fused-ring (bicyclic) bond motifs is 1. The van der Waals surface area contributed by atoms with E-state index >= 15 is 0 Å². The Labute approximate surface area is 106 Å². The zero-order chi connectivity index (χ0) is 12.6. The number of aromatic nitrogens is 2. The summed E-state index contributed by atoms with van der Waals surface area (Å²) in [6.45, 7) is 4.26. The highest BCUT2D eigenvalue weighted by Gasteiger charge is 2.34. The van der Waals surface area contributed by atoms with Crippen LogP contribution in [0.5, 0.6) is 0 Å². The minimum atomic E-state index is -0.214. The van der Waals surface area contributed by atoms with Crippen LogP contribution in [0.2, 0.25) is 0 Å². The van der Waals surface area contributed by atoms with E-state index in [9.17, 15) is 4.39 Å². The Hall–Kier alpha value is -1.42. The summed E-state index contributed by atoms with van der Waals surface area (Å²) in [5.74, 6) is 0.806. The maximum atomic E-state index is 13.2. The van der Waals surface area contributed by atoms with Gasteiger partial charge in [0.1, 0.15) is 11.6 Å². The largest absolute Gasteiger partial charge is 0.341 e. The lowest BCUT2D eigenvalue weighted by atomic mass is 9.76. The normalized spacial score (nSPS) is 19.2. The van der Waals surface area contributed by atoms with Crippen LogP contribution in [-0.4, -0.2) is 23.1 Å². The summed E-state index contributed by atoms with van der Waals surface area (Å²) in [7, 11) is 0. The van der Waals surface area contributed by atoms with Crippen LogP contribution >= 0.6 is 0 Å². The molecular weight excluding hydrogens is 229 g/mol. The summed E-state index contributed by atoms with van der Waals surface area (Å²) in [4.78, 5) is 7.99. The van der Waals surface area contributed by atoms with Crippen molar-refractivity contribution in [3.8, 4) is 0 Å². The molecule has 1 fully saturated rings. The second kappa shape index (κ2) is 4.35. The Morgan fingerprint density at radius 1 is 1.33 bits per heavy atom. The van der Waals surface area contributed by atoms with E-state index in [0.29, 0.717) is 0 Å². The van der Waals surface area contributed by atoms with Crippen molar-refractivity contribution in [1.82, 2.24) is 15.3 Å². The van der Waals surface area contributed by atoms with Gasteiger partial charge < -0.3 is 10.3 Å². The molecule has 4 heteroatoms. The molecule has 0 aliphatic carbocycles. The highest BCUT2D eigenvalue weighted by molar-refractivity contribution is 5.75. The second-order valence-electron chi connectivity index (χ2n) is 5.13. The Morgan fingerprint density at radius 3 is 2.83 bits per heavy atom. The fourth-order valence-corrected chi connectivity index (χ4v) is 2.90. The first-order valence-corrected chi connectivity index (χ1v) is 6.60. The Morgan fingerprint density at radius 2 is 2.11 bits per heavy atom. The average Bonchev–Trinajstić information content (AvgIpc) is 2.83. The molecule has 0 spiro atoms. The van der Waals surface area contributed by atoms with E-state index in [1.807, 2.05) is 0 Å². The van der Waals surface area contributed by atoms with Crippen molar-refractivity contribution in [2.24, 2.45) is 0 Å². The molecule has 0 saturated carbocycles. The van der Waals surface area contributed by atoms with E-state index in [2.05, 4.69) is 22.2 Å². The minimum absolute atomic E-state index is 0.126. The van der Waals surface area contributed by atoms with Crippen LogP contribution in [0.25, 0.3) is 11.0 Å². The third kappa shape index (κ3) is 1.81. The third-order valence-electron chi connectivity index (χ3n) is 4.18. The van der Waals surface area contributed by atoms with Gasteiger partial charge in [-0.15, -0.1) is 0 Å². The number of H-pyrrole nitrogens is 1. The SMILES string of the molecule is CCC1(c2nc3ccc(F)cc3[nH]2)CCNCC1. The van der Waals surface area contributed by atoms with Crippen molar-refractivity contribution in [2.75, 3.05) is 13.1 Å². The first-order chi connectivity index (χ1) is 8.73. The van der Waals surface area contributed by atoms with Crippen LogP contribution in [0.3, 0.4) is 0 Å². The summed E-state index contributed by atoms with van der Waals surface area (Å²) in [6.07, 6.45) is 3.24. The fraction of sp³-hybridized carbons (Fsp3) is 0.500. The highest BCUT2D eigenvalue weighted by Crippen LogP contribution is 2.35. The molecule has 1 saturated heterocycles. The van der Waals surface area contributed by atoms with Gasteiger partial charge in [0, 0.05) is 5.41 Å². The van der Waals surface area contributed by atoms with Gasteiger partial charge in [-0.1, -0.05) is 6.92 Å². The van der Waals surface area contributed by atoms with Gasteiger partial charge in [-0.3, -0.25) is 0 Å². The van der Waals surface area contributed by atoms with Crippen LogP contribution < -0.4 is 5.32 Å². The minimum Gasteiger partial charge on any atom is -0.341 e. The lowest BCUT2D eigenvalue weighted by Crippen LogP contribution is -2.40. The van der Waals surface area contributed by atoms with Gasteiger partial charge in [-0.05, 0) is 50.6 Å². The van der Waals surface area contributed by atoms with Gasteiger partial charge >= 0.3 is 0 Å². The third-order valence-corrected chi connectivity index (χ3v) is 4.18. The molecule has 96 valence electrons. The van der Waals surface area contributed by atoms with Crippen LogP contribution in [0.15, 0.2) is 18.2 Å². The molecule has 2 aromatic rings. The molecule has 0 atom stereocenters. The molecule has 1 aliphatic rings. The second-order valence-corrected chi connectivity index (χ2v) is 5.13. The Kier molecular flexibility index (Phi) is 2.82. The number of hydrogen-bond donors (Lipinski definition) is 2. The summed E-state index contributed by atoms with van der Waals surface area (Å²) >= 11 is 0. The summed E-state index contributed by atoms with van der Waals surface area (Å²) < 4.78 is 13.2. The van der Waals surface area contributed by atoms with Crippen molar-refractivity contribution in [2.45, 2.75) is 31.6 Å². The van der Waals surface area contributed by atoms with Crippen molar-refractivity contribution in [1.29, 1.82) is 0 Å². The van der Waals surface area contributed by atoms with Gasteiger partial charge in [0.2, 0.25) is 0 Å². The molecule has 0 amide bonds. The number of aromatic amines is 1. The standard InChI is InChI=1S/C14H18FN3/c1-2-14(5-7-16-8-6-14)13-17-11-4-3-10(15)9-12(11)18-13/h3-4,9,16H,2,5-8H2,1H3,(H,17,18). The first-order valence-electron chi connectivity index (χ1n) is 6.60. The number of nitrogens with zero attached hydrogens (tertiary/aromatic N) is 1. The van der Waals surface area contributed by atoms with E-state index < -0.39 is 0 Å². The number of nitrogens with one attached hydrogen (secondary N) is 2. The lowest BCUT2D eigenvalue weighted by Gasteiger charge is -2.35. The highest BCUT2D eigenvalue weighted by atomic mass is 19.1. The molecule has 0 radical (unpaired) electrons. The summed E-state index contributed by atoms with van der Waals surface area (Å²) in [5.41, 5.74) is 1.79. The predicted octanol–water partition coefficient (Wildman–Crippen LogP) is 2.73. The van der Waals surface area contributed by atoms with Crippen LogP contribution in [-0.2, 0) is 5.41 Å². The molecule has 0 unspecified atom stereocenters. The number of rotatable bonds is 2. The molecule has 1 aliphatic heterocycles. The van der Waals surface area contributed by atoms with E-state index in [1.54, 1.807) is 6.07 Å². The van der Waals surface area contributed by atoms with Gasteiger partial charge in [-0.2, -0.15) is 0 Å². The molecule has 0 bridgehead atoms. The Bertz CT molecular complexity index is 555. The van der Waals surface area contributed by atoms with Crippen molar-refractivity contribution in [3.63, 3.8) is 0 Å². The predicted molar refractivity (Wildman–Crippen MR) is 70.1 cm³/mol. The maximum Gasteiger partial charge on any atom is 0.125 e. The fourth-order valence-electron chi connectivity index (χ4n) is 2.90. The van der Waals surface area contributed by atoms with Gasteiger partial charge in [0.15, 0.2) is 0 Å². The summed E-state index contributed by atoms with van der Waals surface area (Å²) in [5, 5.41) is 3.38. The molecule has 2 heterocycles. The van der Waals surface area contributed by atoms with Gasteiger partial charge in [0.05, 0.1) is 11.0 Å². The number of halogens is 1. The zero-order valence-electron chi connectivity index (χ0n) is 10.6. The van der Waals surface area contributed by atoms with E-state index in [0.717, 1.165) is 49.2 Å². The van der Waals surface area contributed by atoms with Gasteiger partial charge in [-0.25, -0.2) is 9.37 Å². The van der Waals surface area contributed by atoms with E-state index in [4.69, 9.17) is 0 Å². The number of benzene rings is 1. The maximum absolute atomic E-state index is 13.2. The van der Waals surface area contributed by atoms with Crippen molar-refractivity contribution in [3.05, 3.63) is 29.8 Å². The molecule has 18 heavy (non-hydrogen) atoms. The zero-order valence-corrected chi connectivity index (χ0v) is 10.6. The molecular formula is C14H18FN3. The number of imidazole rings is 1. The molecule has 1 aromatic heterocycles. The van der Waals surface area contributed by atoms with Crippen molar-refractivity contribution >= 4 is 11.0 Å². The van der Waals surface area contributed by atoms with E-state index in [-0.39, 0.29) is 11.2 Å². The first kappa shape index (κ1) is 11.7. The van der Waals surface area contributed by atoms with E-state index in [1.165, 1.54) is 12.1 Å². The molecule has 3 nitrogen and oxygen atoms in total. The van der Waals surface area contributed by atoms with Crippen LogP contribution in [0.1, 0.15) is 32.0 Å². The smallest absolute Gasteiger partial charge is 0.125 e. The van der Waals surface area contributed by atoms with Crippen LogP contribution in [0, 0.1) is 5.82 Å². The lowest BCUT2D eigenvalue weighted by molar-refractivity contribution is 0.285. The molecule has 1 aromatic carbocycles. The monoisotopic (exact) mass is 247 g/mol. The summed E-state index contributed by atoms with van der Waals surface area (Å²) in [6, 6.07) is 4.74. The van der Waals surface area contributed by atoms with Crippen molar-refractivity contribution < 1.29 is 4.39 Å². The number of hydrogen-bond acceptors (Lipinski definition) is 2. The average molecular weight is 247 g/mol.